The summed E-state index contributed by atoms with van der Waals surface area (Å²) in [5, 5.41) is 4.04. The van der Waals surface area contributed by atoms with Gasteiger partial charge in [-0.05, 0) is 43.7 Å². The molecule has 0 aliphatic rings. The van der Waals surface area contributed by atoms with E-state index < -0.39 is 0 Å². The van der Waals surface area contributed by atoms with Crippen molar-refractivity contribution in [2.45, 2.75) is 32.9 Å². The SMILES string of the molecule is CCn1cc(CC(=O)NC(C)c2ccccn2)c2cccnc21. The number of fused-ring (bicyclic) bond motifs is 1. The molecule has 3 aromatic rings. The minimum Gasteiger partial charge on any atom is -0.348 e. The molecule has 3 rings (SSSR count). The van der Waals surface area contributed by atoms with Crippen LogP contribution in [0.25, 0.3) is 11.0 Å². The van der Waals surface area contributed by atoms with Crippen LogP contribution < -0.4 is 5.32 Å². The molecule has 23 heavy (non-hydrogen) atoms. The Balaban J connectivity index is 1.76. The lowest BCUT2D eigenvalue weighted by Gasteiger charge is -2.13. The fourth-order valence-corrected chi connectivity index (χ4v) is 2.75. The summed E-state index contributed by atoms with van der Waals surface area (Å²) < 4.78 is 2.07. The van der Waals surface area contributed by atoms with E-state index >= 15 is 0 Å². The molecule has 1 atom stereocenters. The van der Waals surface area contributed by atoms with E-state index in [1.165, 1.54) is 0 Å². The first-order valence-electron chi connectivity index (χ1n) is 7.82. The fraction of sp³-hybridized carbons (Fsp3) is 0.278. The fourth-order valence-electron chi connectivity index (χ4n) is 2.75. The number of rotatable bonds is 5. The zero-order chi connectivity index (χ0) is 16.2. The van der Waals surface area contributed by atoms with Crippen molar-refractivity contribution in [1.29, 1.82) is 0 Å². The van der Waals surface area contributed by atoms with Gasteiger partial charge in [0, 0.05) is 30.5 Å². The van der Waals surface area contributed by atoms with Crippen molar-refractivity contribution in [2.75, 3.05) is 0 Å². The number of nitrogens with one attached hydrogen (secondary N) is 1. The molecule has 0 radical (unpaired) electrons. The van der Waals surface area contributed by atoms with E-state index in [0.29, 0.717) is 6.42 Å². The molecule has 0 spiro atoms. The highest BCUT2D eigenvalue weighted by Crippen LogP contribution is 2.20. The van der Waals surface area contributed by atoms with Crippen LogP contribution in [-0.2, 0) is 17.8 Å². The standard InChI is InChI=1S/C18H20N4O/c1-3-22-12-14(15-7-6-10-20-18(15)22)11-17(23)21-13(2)16-8-4-5-9-19-16/h4-10,12-13H,3,11H2,1-2H3,(H,21,23). The van der Waals surface area contributed by atoms with E-state index in [1.54, 1.807) is 12.4 Å². The molecule has 5 nitrogen and oxygen atoms in total. The van der Waals surface area contributed by atoms with Gasteiger partial charge in [-0.1, -0.05) is 6.07 Å². The average molecular weight is 308 g/mol. The predicted octanol–water partition coefficient (Wildman–Crippen LogP) is 2.87. The van der Waals surface area contributed by atoms with Crippen LogP contribution in [0.5, 0.6) is 0 Å². The first kappa shape index (κ1) is 15.2. The largest absolute Gasteiger partial charge is 0.348 e. The molecule has 118 valence electrons. The Labute approximate surface area is 135 Å². The van der Waals surface area contributed by atoms with Crippen molar-refractivity contribution < 1.29 is 4.79 Å². The zero-order valence-electron chi connectivity index (χ0n) is 13.4. The van der Waals surface area contributed by atoms with Crippen LogP contribution in [0.1, 0.15) is 31.1 Å². The van der Waals surface area contributed by atoms with Gasteiger partial charge in [-0.3, -0.25) is 9.78 Å². The van der Waals surface area contributed by atoms with Gasteiger partial charge in [-0.15, -0.1) is 0 Å². The van der Waals surface area contributed by atoms with Crippen LogP contribution in [0.4, 0.5) is 0 Å². The Morgan fingerprint density at radius 1 is 1.22 bits per heavy atom. The van der Waals surface area contributed by atoms with Crippen molar-refractivity contribution in [3.8, 4) is 0 Å². The molecule has 5 heteroatoms. The summed E-state index contributed by atoms with van der Waals surface area (Å²) in [6.07, 6.45) is 5.87. The van der Waals surface area contributed by atoms with Gasteiger partial charge >= 0.3 is 0 Å². The maximum atomic E-state index is 12.4. The Morgan fingerprint density at radius 3 is 2.78 bits per heavy atom. The Kier molecular flexibility index (Phi) is 4.37. The molecular formula is C18H20N4O. The number of nitrogens with zero attached hydrogens (tertiary/aromatic N) is 3. The minimum absolute atomic E-state index is 0.0119. The highest BCUT2D eigenvalue weighted by atomic mass is 16.1. The number of aromatic nitrogens is 3. The van der Waals surface area contributed by atoms with Gasteiger partial charge in [0.05, 0.1) is 18.2 Å². The molecule has 0 bridgehead atoms. The highest BCUT2D eigenvalue weighted by molar-refractivity contribution is 5.87. The number of carbonyl (C=O) groups is 1. The Hall–Kier alpha value is -2.69. The van der Waals surface area contributed by atoms with Gasteiger partial charge in [0.2, 0.25) is 5.91 Å². The number of hydrogen-bond acceptors (Lipinski definition) is 3. The molecule has 1 unspecified atom stereocenters. The second-order valence-corrected chi connectivity index (χ2v) is 5.54. The van der Waals surface area contributed by atoms with Crippen molar-refractivity contribution in [1.82, 2.24) is 19.9 Å². The van der Waals surface area contributed by atoms with Gasteiger partial charge < -0.3 is 9.88 Å². The second-order valence-electron chi connectivity index (χ2n) is 5.54. The Bertz CT molecular complexity index is 810. The smallest absolute Gasteiger partial charge is 0.225 e. The third kappa shape index (κ3) is 3.23. The van der Waals surface area contributed by atoms with Crippen LogP contribution in [0.3, 0.4) is 0 Å². The molecule has 0 saturated heterocycles. The molecule has 3 aromatic heterocycles. The number of pyridine rings is 2. The molecule has 0 aliphatic carbocycles. The maximum Gasteiger partial charge on any atom is 0.225 e. The summed E-state index contributed by atoms with van der Waals surface area (Å²) in [5.74, 6) is -0.0119. The molecular weight excluding hydrogens is 288 g/mol. The Morgan fingerprint density at radius 2 is 2.04 bits per heavy atom. The molecule has 1 amide bonds. The van der Waals surface area contributed by atoms with E-state index in [4.69, 9.17) is 0 Å². The molecule has 0 saturated carbocycles. The summed E-state index contributed by atoms with van der Waals surface area (Å²) in [5.41, 5.74) is 2.79. The second kappa shape index (κ2) is 6.60. The average Bonchev–Trinajstić information content (AvgIpc) is 2.93. The van der Waals surface area contributed by atoms with Crippen LogP contribution in [-0.4, -0.2) is 20.4 Å². The van der Waals surface area contributed by atoms with Crippen molar-refractivity contribution >= 4 is 16.9 Å². The quantitative estimate of drug-likeness (QED) is 0.788. The van der Waals surface area contributed by atoms with Gasteiger partial charge in [-0.2, -0.15) is 0 Å². The van der Waals surface area contributed by atoms with E-state index in [0.717, 1.165) is 28.8 Å². The van der Waals surface area contributed by atoms with Gasteiger partial charge in [0.1, 0.15) is 5.65 Å². The first-order chi connectivity index (χ1) is 11.2. The van der Waals surface area contributed by atoms with E-state index in [2.05, 4.69) is 26.8 Å². The lowest BCUT2D eigenvalue weighted by molar-refractivity contribution is -0.121. The van der Waals surface area contributed by atoms with Crippen molar-refractivity contribution in [3.05, 3.63) is 60.2 Å². The molecule has 1 N–H and O–H groups in total. The topological polar surface area (TPSA) is 59.8 Å². The van der Waals surface area contributed by atoms with Gasteiger partial charge in [0.15, 0.2) is 0 Å². The van der Waals surface area contributed by atoms with Crippen LogP contribution >= 0.6 is 0 Å². The van der Waals surface area contributed by atoms with Crippen LogP contribution in [0.2, 0.25) is 0 Å². The van der Waals surface area contributed by atoms with E-state index in [9.17, 15) is 4.79 Å². The number of hydrogen-bond donors (Lipinski definition) is 1. The van der Waals surface area contributed by atoms with Crippen molar-refractivity contribution in [2.24, 2.45) is 0 Å². The zero-order valence-corrected chi connectivity index (χ0v) is 13.4. The minimum atomic E-state index is -0.110. The number of carbonyl (C=O) groups excluding carboxylic acids is 1. The van der Waals surface area contributed by atoms with Crippen LogP contribution in [0.15, 0.2) is 48.9 Å². The summed E-state index contributed by atoms with van der Waals surface area (Å²) in [6, 6.07) is 9.51. The predicted molar refractivity (Wildman–Crippen MR) is 89.9 cm³/mol. The highest BCUT2D eigenvalue weighted by Gasteiger charge is 2.14. The molecule has 0 aliphatic heterocycles. The van der Waals surface area contributed by atoms with E-state index in [-0.39, 0.29) is 11.9 Å². The lowest BCUT2D eigenvalue weighted by Crippen LogP contribution is -2.28. The molecule has 0 fully saturated rings. The van der Waals surface area contributed by atoms with Gasteiger partial charge in [-0.25, -0.2) is 4.98 Å². The maximum absolute atomic E-state index is 12.4. The van der Waals surface area contributed by atoms with Gasteiger partial charge in [0.25, 0.3) is 0 Å². The molecule has 3 heterocycles. The third-order valence-corrected chi connectivity index (χ3v) is 3.92. The number of amides is 1. The van der Waals surface area contributed by atoms with E-state index in [1.807, 2.05) is 43.5 Å². The normalized spacial score (nSPS) is 12.3. The van der Waals surface area contributed by atoms with Crippen molar-refractivity contribution in [3.63, 3.8) is 0 Å². The lowest BCUT2D eigenvalue weighted by atomic mass is 10.1. The summed E-state index contributed by atoms with van der Waals surface area (Å²) >= 11 is 0. The summed E-state index contributed by atoms with van der Waals surface area (Å²) in [6.45, 7) is 4.84. The summed E-state index contributed by atoms with van der Waals surface area (Å²) in [7, 11) is 0. The first-order valence-corrected chi connectivity index (χ1v) is 7.82. The summed E-state index contributed by atoms with van der Waals surface area (Å²) in [4.78, 5) is 21.1. The van der Waals surface area contributed by atoms with Crippen LogP contribution in [0, 0.1) is 0 Å². The monoisotopic (exact) mass is 308 g/mol. The molecule has 0 aromatic carbocycles. The number of aryl methyl sites for hydroxylation is 1. The third-order valence-electron chi connectivity index (χ3n) is 3.92.